The van der Waals surface area contributed by atoms with Crippen LogP contribution >= 0.6 is 0 Å². The first-order chi connectivity index (χ1) is 28.3. The van der Waals surface area contributed by atoms with Gasteiger partial charge in [-0.05, 0) is 74.5 Å². The third kappa shape index (κ3) is 4.86. The van der Waals surface area contributed by atoms with Gasteiger partial charge in [0.25, 0.3) is 0 Å². The lowest BCUT2D eigenvalue weighted by atomic mass is 9.89. The zero-order valence-corrected chi connectivity index (χ0v) is 30.8. The lowest BCUT2D eigenvalue weighted by Gasteiger charge is -2.31. The molecule has 266 valence electrons. The largest absolute Gasteiger partial charge is 0.455 e. The number of anilines is 3. The Labute approximate surface area is 328 Å². The van der Waals surface area contributed by atoms with Crippen LogP contribution in [0, 0.1) is 0 Å². The molecule has 0 amide bonds. The van der Waals surface area contributed by atoms with E-state index in [2.05, 4.69) is 187 Å². The van der Waals surface area contributed by atoms with E-state index in [1.54, 1.807) is 0 Å². The molecular weight excluding hydrogens is 695 g/mol. The summed E-state index contributed by atoms with van der Waals surface area (Å²) in [6, 6.07) is 71.6. The van der Waals surface area contributed by atoms with Crippen molar-refractivity contribution in [3.8, 4) is 22.3 Å². The fourth-order valence-corrected chi connectivity index (χ4v) is 9.08. The molecule has 0 aliphatic rings. The quantitative estimate of drug-likeness (QED) is 0.165. The van der Waals surface area contributed by atoms with E-state index < -0.39 is 0 Å². The van der Waals surface area contributed by atoms with Crippen molar-refractivity contribution in [3.63, 3.8) is 0 Å². The minimum Gasteiger partial charge on any atom is -0.455 e. The number of fused-ring (bicyclic) bond motifs is 10. The first kappa shape index (κ1) is 31.7. The van der Waals surface area contributed by atoms with Gasteiger partial charge in [-0.2, -0.15) is 0 Å². The van der Waals surface area contributed by atoms with Crippen molar-refractivity contribution >= 4 is 93.3 Å². The van der Waals surface area contributed by atoms with Crippen LogP contribution in [0.5, 0.6) is 0 Å². The predicted octanol–water partition coefficient (Wildman–Crippen LogP) is 15.7. The second-order valence-electron chi connectivity index (χ2n) is 14.8. The maximum Gasteiger partial charge on any atom is 0.159 e. The molecule has 0 bridgehead atoms. The highest BCUT2D eigenvalue weighted by Gasteiger charge is 2.27. The second kappa shape index (κ2) is 12.5. The van der Waals surface area contributed by atoms with Crippen molar-refractivity contribution in [2.45, 2.75) is 0 Å². The molecule has 10 aromatic carbocycles. The molecule has 12 aromatic rings. The summed E-state index contributed by atoms with van der Waals surface area (Å²) in [7, 11) is 0. The fourth-order valence-electron chi connectivity index (χ4n) is 9.08. The summed E-state index contributed by atoms with van der Waals surface area (Å²) in [6.45, 7) is 0. The maximum absolute atomic E-state index is 6.86. The third-order valence-electron chi connectivity index (χ3n) is 11.6. The highest BCUT2D eigenvalue weighted by atomic mass is 16.3. The number of hydrogen-bond acceptors (Lipinski definition) is 3. The third-order valence-corrected chi connectivity index (χ3v) is 11.6. The monoisotopic (exact) mass is 727 g/mol. The topological polar surface area (TPSA) is 29.5 Å². The van der Waals surface area contributed by atoms with E-state index in [4.69, 9.17) is 8.83 Å². The molecule has 0 radical (unpaired) electrons. The summed E-state index contributed by atoms with van der Waals surface area (Å²) in [5.74, 6) is 0. The summed E-state index contributed by atoms with van der Waals surface area (Å²) in [5.41, 5.74) is 11.0. The molecule has 12 rings (SSSR count). The average molecular weight is 728 g/mol. The van der Waals surface area contributed by atoms with E-state index in [-0.39, 0.29) is 0 Å². The van der Waals surface area contributed by atoms with Crippen molar-refractivity contribution in [1.29, 1.82) is 0 Å². The Morgan fingerprint density at radius 1 is 0.333 bits per heavy atom. The Kier molecular flexibility index (Phi) is 6.93. The lowest BCUT2D eigenvalue weighted by molar-refractivity contribution is 0.669. The Hall–Kier alpha value is -7.62. The molecule has 2 aromatic heterocycles. The molecule has 0 fully saturated rings. The number of hydrogen-bond donors (Lipinski definition) is 0. The van der Waals surface area contributed by atoms with Crippen molar-refractivity contribution in [2.75, 3.05) is 4.90 Å². The van der Waals surface area contributed by atoms with E-state index in [0.29, 0.717) is 0 Å². The normalized spacial score (nSPS) is 11.9. The number of furan rings is 2. The van der Waals surface area contributed by atoms with Crippen LogP contribution in [0.3, 0.4) is 0 Å². The molecule has 0 N–H and O–H groups in total. The van der Waals surface area contributed by atoms with Crippen molar-refractivity contribution in [1.82, 2.24) is 0 Å². The predicted molar refractivity (Wildman–Crippen MR) is 239 cm³/mol. The summed E-state index contributed by atoms with van der Waals surface area (Å²) in [4.78, 5) is 2.44. The van der Waals surface area contributed by atoms with Gasteiger partial charge in [0, 0.05) is 43.7 Å². The van der Waals surface area contributed by atoms with E-state index >= 15 is 0 Å². The van der Waals surface area contributed by atoms with Gasteiger partial charge >= 0.3 is 0 Å². The molecule has 0 aliphatic heterocycles. The molecular formula is C54H33NO2. The van der Waals surface area contributed by atoms with Crippen LogP contribution in [0.15, 0.2) is 209 Å². The van der Waals surface area contributed by atoms with Crippen molar-refractivity contribution < 1.29 is 8.83 Å². The average Bonchev–Trinajstić information content (AvgIpc) is 3.86. The van der Waals surface area contributed by atoms with Crippen LogP contribution in [-0.2, 0) is 0 Å². The van der Waals surface area contributed by atoms with Gasteiger partial charge in [-0.25, -0.2) is 0 Å². The Morgan fingerprint density at radius 2 is 0.895 bits per heavy atom. The van der Waals surface area contributed by atoms with Crippen LogP contribution < -0.4 is 4.90 Å². The molecule has 0 spiro atoms. The minimum atomic E-state index is 0.838. The van der Waals surface area contributed by atoms with Crippen LogP contribution in [-0.4, -0.2) is 0 Å². The van der Waals surface area contributed by atoms with Crippen LogP contribution in [0.2, 0.25) is 0 Å². The summed E-state index contributed by atoms with van der Waals surface area (Å²) in [5, 5.41) is 11.6. The summed E-state index contributed by atoms with van der Waals surface area (Å²) >= 11 is 0. The molecule has 2 heterocycles. The first-order valence-corrected chi connectivity index (χ1v) is 19.4. The van der Waals surface area contributed by atoms with Crippen molar-refractivity contribution in [2.24, 2.45) is 0 Å². The van der Waals surface area contributed by atoms with Gasteiger partial charge in [-0.15, -0.1) is 0 Å². The van der Waals surface area contributed by atoms with E-state index in [0.717, 1.165) is 88.6 Å². The molecule has 0 saturated carbocycles. The van der Waals surface area contributed by atoms with E-state index in [1.807, 2.05) is 18.2 Å². The van der Waals surface area contributed by atoms with Crippen LogP contribution in [0.1, 0.15) is 0 Å². The molecule has 0 aliphatic carbocycles. The van der Waals surface area contributed by atoms with Gasteiger partial charge < -0.3 is 13.7 Å². The SMILES string of the molecule is c1cc(-c2cccc3c2oc2ccccc23)cc(N(c2c(-c3ccc4ccccc4c3)c3ccccc3c3ccccc23)c2cccc3c2oc2ccccc23)c1. The lowest BCUT2D eigenvalue weighted by Crippen LogP contribution is -2.13. The van der Waals surface area contributed by atoms with Gasteiger partial charge in [0.15, 0.2) is 5.58 Å². The number of nitrogens with zero attached hydrogens (tertiary/aromatic N) is 1. The van der Waals surface area contributed by atoms with E-state index in [9.17, 15) is 0 Å². The zero-order valence-electron chi connectivity index (χ0n) is 30.8. The number of rotatable bonds is 5. The van der Waals surface area contributed by atoms with Gasteiger partial charge in [-0.3, -0.25) is 0 Å². The van der Waals surface area contributed by atoms with Gasteiger partial charge in [0.2, 0.25) is 0 Å². The number of para-hydroxylation sites is 4. The molecule has 3 nitrogen and oxygen atoms in total. The summed E-state index contributed by atoms with van der Waals surface area (Å²) < 4.78 is 13.4. The first-order valence-electron chi connectivity index (χ1n) is 19.4. The van der Waals surface area contributed by atoms with Gasteiger partial charge in [0.1, 0.15) is 16.7 Å². The zero-order chi connectivity index (χ0) is 37.5. The highest BCUT2D eigenvalue weighted by molar-refractivity contribution is 6.24. The maximum atomic E-state index is 6.86. The standard InChI is InChI=1S/C54H33NO2/c1-2-15-35-32-37(31-30-34(35)14-1)51-44-22-5-3-18-40(44)41-19-4-6-23-45(41)52(51)55(48-27-13-26-47-43-21-8-10-29-50(43)57-54(47)48)38-17-11-16-36(33-38)39-24-12-25-46-42-20-7-9-28-49(42)56-53(39)46/h1-33H. The van der Waals surface area contributed by atoms with Crippen LogP contribution in [0.25, 0.3) is 98.4 Å². The Balaban J connectivity index is 1.22. The molecule has 0 unspecified atom stereocenters. The van der Waals surface area contributed by atoms with Crippen molar-refractivity contribution in [3.05, 3.63) is 200 Å². The smallest absolute Gasteiger partial charge is 0.159 e. The summed E-state index contributed by atoms with van der Waals surface area (Å²) in [6.07, 6.45) is 0. The van der Waals surface area contributed by atoms with E-state index in [1.165, 1.54) is 26.9 Å². The fraction of sp³-hybridized carbons (Fsp3) is 0. The van der Waals surface area contributed by atoms with Gasteiger partial charge in [-0.1, -0.05) is 164 Å². The molecule has 0 atom stereocenters. The van der Waals surface area contributed by atoms with Gasteiger partial charge in [0.05, 0.1) is 11.4 Å². The molecule has 3 heteroatoms. The number of benzene rings is 10. The Bertz CT molecular complexity index is 3550. The molecule has 57 heavy (non-hydrogen) atoms. The minimum absolute atomic E-state index is 0.838. The molecule has 0 saturated heterocycles. The Morgan fingerprint density at radius 3 is 1.67 bits per heavy atom. The van der Waals surface area contributed by atoms with Crippen LogP contribution in [0.4, 0.5) is 17.1 Å². The highest BCUT2D eigenvalue weighted by Crippen LogP contribution is 2.52. The second-order valence-corrected chi connectivity index (χ2v) is 14.8.